The Hall–Kier alpha value is -2.62. The largest absolute Gasteiger partial charge is 0.496 e. The van der Waals surface area contributed by atoms with Crippen molar-refractivity contribution in [3.63, 3.8) is 0 Å². The Morgan fingerprint density at radius 3 is 2.43 bits per heavy atom. The van der Waals surface area contributed by atoms with E-state index in [0.717, 1.165) is 18.0 Å². The van der Waals surface area contributed by atoms with Crippen LogP contribution in [0.1, 0.15) is 23.6 Å². The summed E-state index contributed by atoms with van der Waals surface area (Å²) in [4.78, 5) is 4.00. The fourth-order valence-electron chi connectivity index (χ4n) is 2.99. The van der Waals surface area contributed by atoms with Crippen LogP contribution in [0.5, 0.6) is 5.75 Å². The van der Waals surface area contributed by atoms with E-state index in [9.17, 15) is 21.6 Å². The third-order valence-electron chi connectivity index (χ3n) is 4.42. The van der Waals surface area contributed by atoms with Gasteiger partial charge in [0.2, 0.25) is 0 Å². The molecule has 1 unspecified atom stereocenters. The molecule has 0 N–H and O–H groups in total. The Labute approximate surface area is 160 Å². The standard InChI is InChI=1S/C18H18F3N3O3S/c1-11-8-12(4-6-15(11)27-2)14-9-16(18(19,20)21)23-24(14)17-7-5-13(10-22-17)28(3,25)26/h4-8,10,14H,9H2,1-3H3. The molecule has 150 valence electrons. The second kappa shape index (κ2) is 7.08. The fraction of sp³-hybridized carbons (Fsp3) is 0.333. The average molecular weight is 413 g/mol. The molecule has 1 atom stereocenters. The van der Waals surface area contributed by atoms with Crippen molar-refractivity contribution in [2.75, 3.05) is 18.4 Å². The van der Waals surface area contributed by atoms with Crippen molar-refractivity contribution in [2.24, 2.45) is 5.10 Å². The van der Waals surface area contributed by atoms with E-state index in [-0.39, 0.29) is 17.1 Å². The summed E-state index contributed by atoms with van der Waals surface area (Å²) in [5.41, 5.74) is 0.482. The molecule has 0 amide bonds. The predicted molar refractivity (Wildman–Crippen MR) is 98.4 cm³/mol. The molecular weight excluding hydrogens is 395 g/mol. The number of aryl methyl sites for hydroxylation is 1. The Balaban J connectivity index is 2.03. The lowest BCUT2D eigenvalue weighted by Crippen LogP contribution is -2.21. The average Bonchev–Trinajstić information content (AvgIpc) is 3.07. The number of nitrogens with zero attached hydrogens (tertiary/aromatic N) is 3. The highest BCUT2D eigenvalue weighted by Crippen LogP contribution is 2.39. The van der Waals surface area contributed by atoms with Gasteiger partial charge in [-0.1, -0.05) is 12.1 Å². The minimum atomic E-state index is -4.57. The maximum absolute atomic E-state index is 13.3. The summed E-state index contributed by atoms with van der Waals surface area (Å²) in [6.07, 6.45) is -2.77. The molecule has 1 aromatic heterocycles. The molecule has 2 aromatic rings. The lowest BCUT2D eigenvalue weighted by Gasteiger charge is -2.23. The molecule has 6 nitrogen and oxygen atoms in total. The molecule has 3 rings (SSSR count). The molecule has 0 bridgehead atoms. The third-order valence-corrected chi connectivity index (χ3v) is 5.52. The van der Waals surface area contributed by atoms with Crippen LogP contribution >= 0.6 is 0 Å². The van der Waals surface area contributed by atoms with E-state index < -0.39 is 27.8 Å². The van der Waals surface area contributed by atoms with E-state index >= 15 is 0 Å². The molecule has 0 fully saturated rings. The molecular formula is C18H18F3N3O3S. The van der Waals surface area contributed by atoms with Gasteiger partial charge in [-0.3, -0.25) is 0 Å². The second-order valence-corrected chi connectivity index (χ2v) is 8.48. The Kier molecular flexibility index (Phi) is 5.09. The van der Waals surface area contributed by atoms with Crippen molar-refractivity contribution in [1.82, 2.24) is 4.98 Å². The zero-order chi connectivity index (χ0) is 20.7. The summed E-state index contributed by atoms with van der Waals surface area (Å²) < 4.78 is 68.2. The minimum Gasteiger partial charge on any atom is -0.496 e. The van der Waals surface area contributed by atoms with Gasteiger partial charge in [0.25, 0.3) is 0 Å². The van der Waals surface area contributed by atoms with E-state index in [4.69, 9.17) is 4.74 Å². The van der Waals surface area contributed by atoms with Crippen LogP contribution in [0.2, 0.25) is 0 Å². The number of hydrogen-bond acceptors (Lipinski definition) is 6. The number of benzene rings is 1. The highest BCUT2D eigenvalue weighted by molar-refractivity contribution is 7.90. The maximum atomic E-state index is 13.3. The molecule has 2 heterocycles. The molecule has 1 aliphatic heterocycles. The maximum Gasteiger partial charge on any atom is 0.431 e. The predicted octanol–water partition coefficient (Wildman–Crippen LogP) is 3.67. The van der Waals surface area contributed by atoms with Crippen LogP contribution in [0.15, 0.2) is 46.5 Å². The van der Waals surface area contributed by atoms with E-state index in [1.807, 2.05) is 0 Å². The monoisotopic (exact) mass is 413 g/mol. The first kappa shape index (κ1) is 20.1. The van der Waals surface area contributed by atoms with Crippen molar-refractivity contribution in [3.8, 4) is 5.75 Å². The number of ether oxygens (including phenoxy) is 1. The highest BCUT2D eigenvalue weighted by Gasteiger charge is 2.44. The third kappa shape index (κ3) is 3.96. The molecule has 1 aromatic carbocycles. The van der Waals surface area contributed by atoms with E-state index in [1.54, 1.807) is 25.1 Å². The molecule has 28 heavy (non-hydrogen) atoms. The number of aromatic nitrogens is 1. The van der Waals surface area contributed by atoms with Crippen LogP contribution in [0.25, 0.3) is 0 Å². The molecule has 0 spiro atoms. The van der Waals surface area contributed by atoms with Gasteiger partial charge in [-0.05, 0) is 36.2 Å². The number of sulfone groups is 1. The number of alkyl halides is 3. The SMILES string of the molecule is COc1ccc(C2CC(C(F)(F)F)=NN2c2ccc(S(C)(=O)=O)cn2)cc1C. The first-order valence-corrected chi connectivity index (χ1v) is 10.1. The Bertz CT molecular complexity index is 1020. The molecule has 0 saturated carbocycles. The smallest absolute Gasteiger partial charge is 0.431 e. The number of methoxy groups -OCH3 is 1. The Morgan fingerprint density at radius 2 is 1.93 bits per heavy atom. The normalized spacial score (nSPS) is 17.6. The van der Waals surface area contributed by atoms with Crippen molar-refractivity contribution in [1.29, 1.82) is 0 Å². The number of hydrogen-bond donors (Lipinski definition) is 0. The summed E-state index contributed by atoms with van der Waals surface area (Å²) in [5, 5.41) is 4.91. The van der Waals surface area contributed by atoms with Gasteiger partial charge in [-0.15, -0.1) is 0 Å². The zero-order valence-electron chi connectivity index (χ0n) is 15.4. The fourth-order valence-corrected chi connectivity index (χ4v) is 3.55. The van der Waals surface area contributed by atoms with Gasteiger partial charge in [0, 0.05) is 18.9 Å². The van der Waals surface area contributed by atoms with Gasteiger partial charge in [-0.2, -0.15) is 18.3 Å². The van der Waals surface area contributed by atoms with E-state index in [2.05, 4.69) is 10.1 Å². The van der Waals surface area contributed by atoms with E-state index in [1.165, 1.54) is 24.3 Å². The highest BCUT2D eigenvalue weighted by atomic mass is 32.2. The minimum absolute atomic E-state index is 0.0210. The lowest BCUT2D eigenvalue weighted by molar-refractivity contribution is -0.0600. The lowest BCUT2D eigenvalue weighted by atomic mass is 9.99. The van der Waals surface area contributed by atoms with Crippen molar-refractivity contribution in [2.45, 2.75) is 30.5 Å². The van der Waals surface area contributed by atoms with E-state index in [0.29, 0.717) is 11.3 Å². The summed E-state index contributed by atoms with van der Waals surface area (Å²) in [5.74, 6) is 0.756. The second-order valence-electron chi connectivity index (χ2n) is 6.46. The van der Waals surface area contributed by atoms with Gasteiger partial charge in [0.05, 0.1) is 18.0 Å². The first-order chi connectivity index (χ1) is 13.0. The van der Waals surface area contributed by atoms with Gasteiger partial charge < -0.3 is 4.74 Å². The molecule has 0 radical (unpaired) electrons. The number of anilines is 1. The van der Waals surface area contributed by atoms with Crippen LogP contribution in [-0.2, 0) is 9.84 Å². The number of halogens is 3. The van der Waals surface area contributed by atoms with Crippen molar-refractivity contribution in [3.05, 3.63) is 47.7 Å². The van der Waals surface area contributed by atoms with Crippen LogP contribution in [0.4, 0.5) is 19.0 Å². The van der Waals surface area contributed by atoms with Crippen molar-refractivity contribution >= 4 is 21.4 Å². The summed E-state index contributed by atoms with van der Waals surface area (Å²) in [6, 6.07) is 7.05. The number of hydrazone groups is 1. The number of pyridine rings is 1. The molecule has 1 aliphatic rings. The molecule has 0 saturated heterocycles. The summed E-state index contributed by atoms with van der Waals surface area (Å²) in [6.45, 7) is 1.80. The van der Waals surface area contributed by atoms with Crippen LogP contribution in [0.3, 0.4) is 0 Å². The summed E-state index contributed by atoms with van der Waals surface area (Å²) >= 11 is 0. The quantitative estimate of drug-likeness (QED) is 0.765. The van der Waals surface area contributed by atoms with Crippen LogP contribution < -0.4 is 9.75 Å². The molecule has 10 heteroatoms. The van der Waals surface area contributed by atoms with Gasteiger partial charge in [0.15, 0.2) is 9.84 Å². The number of rotatable bonds is 4. The van der Waals surface area contributed by atoms with Gasteiger partial charge >= 0.3 is 6.18 Å². The first-order valence-electron chi connectivity index (χ1n) is 8.25. The van der Waals surface area contributed by atoms with Crippen LogP contribution in [0, 0.1) is 6.92 Å². The molecule has 0 aliphatic carbocycles. The van der Waals surface area contributed by atoms with Crippen LogP contribution in [-0.4, -0.2) is 38.7 Å². The van der Waals surface area contributed by atoms with Gasteiger partial charge in [-0.25, -0.2) is 18.4 Å². The zero-order valence-corrected chi connectivity index (χ0v) is 16.2. The Morgan fingerprint density at radius 1 is 1.21 bits per heavy atom. The van der Waals surface area contributed by atoms with Gasteiger partial charge in [0.1, 0.15) is 17.3 Å². The summed E-state index contributed by atoms with van der Waals surface area (Å²) in [7, 11) is -1.95. The van der Waals surface area contributed by atoms with Crippen molar-refractivity contribution < 1.29 is 26.3 Å². The topological polar surface area (TPSA) is 71.9 Å².